The Balaban J connectivity index is 2.22. The van der Waals surface area contributed by atoms with Crippen molar-refractivity contribution in [3.63, 3.8) is 0 Å². The lowest BCUT2D eigenvalue weighted by Crippen LogP contribution is -2.06. The highest BCUT2D eigenvalue weighted by atomic mass is 32.1. The van der Waals surface area contributed by atoms with E-state index in [0.29, 0.717) is 6.54 Å². The molecule has 0 fully saturated rings. The summed E-state index contributed by atoms with van der Waals surface area (Å²) in [5, 5.41) is 14.7. The molecule has 19 heavy (non-hydrogen) atoms. The molecule has 0 aliphatic carbocycles. The third-order valence-corrected chi connectivity index (χ3v) is 3.15. The van der Waals surface area contributed by atoms with Gasteiger partial charge in [0.1, 0.15) is 11.3 Å². The van der Waals surface area contributed by atoms with Gasteiger partial charge in [0.2, 0.25) is 5.82 Å². The van der Waals surface area contributed by atoms with Gasteiger partial charge in [-0.1, -0.05) is 0 Å². The van der Waals surface area contributed by atoms with Crippen molar-refractivity contribution in [3.05, 3.63) is 32.5 Å². The summed E-state index contributed by atoms with van der Waals surface area (Å²) in [4.78, 5) is 23.2. The van der Waals surface area contributed by atoms with E-state index in [1.54, 1.807) is 6.20 Å². The number of aryl methyl sites for hydroxylation is 1. The Kier molecular flexibility index (Phi) is 3.85. The summed E-state index contributed by atoms with van der Waals surface area (Å²) < 4.78 is 4.86. The number of rotatable bonds is 5. The van der Waals surface area contributed by atoms with Crippen molar-refractivity contribution in [2.45, 2.75) is 13.5 Å². The second kappa shape index (κ2) is 5.57. The van der Waals surface area contributed by atoms with Crippen molar-refractivity contribution < 1.29 is 9.66 Å². The molecule has 2 heterocycles. The molecular weight excluding hydrogens is 270 g/mol. The second-order valence-electron chi connectivity index (χ2n) is 3.56. The highest BCUT2D eigenvalue weighted by Gasteiger charge is 2.23. The van der Waals surface area contributed by atoms with E-state index in [1.165, 1.54) is 24.8 Å². The molecule has 0 radical (unpaired) electrons. The number of nitro groups is 1. The Morgan fingerprint density at radius 1 is 1.47 bits per heavy atom. The third kappa shape index (κ3) is 2.94. The average molecular weight is 281 g/mol. The smallest absolute Gasteiger partial charge is 0.372 e. The van der Waals surface area contributed by atoms with Gasteiger partial charge in [-0.05, 0) is 6.92 Å². The number of hydrogen-bond donors (Lipinski definition) is 1. The van der Waals surface area contributed by atoms with Gasteiger partial charge in [-0.2, -0.15) is 4.98 Å². The summed E-state index contributed by atoms with van der Waals surface area (Å²) in [6.07, 6.45) is 2.96. The molecule has 0 amide bonds. The lowest BCUT2D eigenvalue weighted by atomic mass is 10.4. The minimum absolute atomic E-state index is 0.0715. The van der Waals surface area contributed by atoms with Crippen LogP contribution in [0.2, 0.25) is 0 Å². The zero-order valence-corrected chi connectivity index (χ0v) is 11.1. The number of ether oxygens (including phenoxy) is 1. The SMILES string of the molecule is COc1ncnc(NCc2ncc(C)s2)c1[N+](=O)[O-]. The topological polar surface area (TPSA) is 103 Å². The second-order valence-corrected chi connectivity index (χ2v) is 4.87. The maximum Gasteiger partial charge on any atom is 0.372 e. The van der Waals surface area contributed by atoms with Crippen molar-refractivity contribution in [3.8, 4) is 5.88 Å². The number of methoxy groups -OCH3 is 1. The summed E-state index contributed by atoms with van der Waals surface area (Å²) in [6, 6.07) is 0. The summed E-state index contributed by atoms with van der Waals surface area (Å²) in [6.45, 7) is 2.30. The number of aromatic nitrogens is 3. The third-order valence-electron chi connectivity index (χ3n) is 2.24. The van der Waals surface area contributed by atoms with Crippen LogP contribution in [-0.2, 0) is 6.54 Å². The highest BCUT2D eigenvalue weighted by molar-refractivity contribution is 7.11. The van der Waals surface area contributed by atoms with Crippen molar-refractivity contribution in [1.82, 2.24) is 15.0 Å². The molecule has 0 saturated carbocycles. The minimum atomic E-state index is -0.575. The van der Waals surface area contributed by atoms with Crippen LogP contribution in [0.1, 0.15) is 9.88 Å². The molecule has 0 atom stereocenters. The molecule has 100 valence electrons. The summed E-state index contributed by atoms with van der Waals surface area (Å²) in [5.41, 5.74) is -0.279. The maximum absolute atomic E-state index is 11.0. The molecular formula is C10H11N5O3S. The van der Waals surface area contributed by atoms with Crippen LogP contribution in [0.15, 0.2) is 12.5 Å². The molecule has 0 aliphatic heterocycles. The maximum atomic E-state index is 11.0. The lowest BCUT2D eigenvalue weighted by molar-refractivity contribution is -0.385. The van der Waals surface area contributed by atoms with Crippen LogP contribution in [0.5, 0.6) is 5.88 Å². The molecule has 2 aromatic rings. The van der Waals surface area contributed by atoms with E-state index in [2.05, 4.69) is 20.3 Å². The van der Waals surface area contributed by atoms with Crippen molar-refractivity contribution >= 4 is 22.8 Å². The van der Waals surface area contributed by atoms with Crippen LogP contribution in [0.25, 0.3) is 0 Å². The Morgan fingerprint density at radius 2 is 2.26 bits per heavy atom. The Morgan fingerprint density at radius 3 is 2.84 bits per heavy atom. The predicted molar refractivity (Wildman–Crippen MR) is 69.4 cm³/mol. The average Bonchev–Trinajstić information content (AvgIpc) is 2.81. The van der Waals surface area contributed by atoms with Crippen LogP contribution in [0.4, 0.5) is 11.5 Å². The Labute approximate surface area is 112 Å². The number of anilines is 1. The normalized spacial score (nSPS) is 10.2. The number of hydrogen-bond acceptors (Lipinski definition) is 8. The summed E-state index contributed by atoms with van der Waals surface area (Å²) in [7, 11) is 1.32. The summed E-state index contributed by atoms with van der Waals surface area (Å²) in [5.74, 6) is 0.0440. The molecule has 2 rings (SSSR count). The standard InChI is InChI=1S/C10H11N5O3S/c1-6-3-11-7(19-6)4-12-9-8(15(16)17)10(18-2)14-5-13-9/h3,5H,4H2,1-2H3,(H,12,13,14). The van der Waals surface area contributed by atoms with Crippen LogP contribution >= 0.6 is 11.3 Å². The zero-order chi connectivity index (χ0) is 13.8. The molecule has 0 bridgehead atoms. The monoisotopic (exact) mass is 281 g/mol. The molecule has 0 spiro atoms. The van der Waals surface area contributed by atoms with Gasteiger partial charge in [-0.3, -0.25) is 10.1 Å². The quantitative estimate of drug-likeness (QED) is 0.658. The Bertz CT molecular complexity index is 601. The first-order valence-electron chi connectivity index (χ1n) is 5.30. The van der Waals surface area contributed by atoms with Gasteiger partial charge in [-0.15, -0.1) is 11.3 Å². The van der Waals surface area contributed by atoms with Crippen LogP contribution in [-0.4, -0.2) is 27.0 Å². The number of nitrogens with zero attached hydrogens (tertiary/aromatic N) is 4. The van der Waals surface area contributed by atoms with E-state index >= 15 is 0 Å². The van der Waals surface area contributed by atoms with Crippen molar-refractivity contribution in [2.24, 2.45) is 0 Å². The van der Waals surface area contributed by atoms with E-state index in [9.17, 15) is 10.1 Å². The molecule has 1 N–H and O–H groups in total. The molecule has 2 aromatic heterocycles. The minimum Gasteiger partial charge on any atom is -0.476 e. The van der Waals surface area contributed by atoms with Crippen molar-refractivity contribution in [1.29, 1.82) is 0 Å². The van der Waals surface area contributed by atoms with E-state index in [0.717, 1.165) is 9.88 Å². The van der Waals surface area contributed by atoms with Crippen LogP contribution < -0.4 is 10.1 Å². The van der Waals surface area contributed by atoms with E-state index in [-0.39, 0.29) is 17.4 Å². The fourth-order valence-corrected chi connectivity index (χ4v) is 2.18. The largest absolute Gasteiger partial charge is 0.476 e. The van der Waals surface area contributed by atoms with Gasteiger partial charge in [0.25, 0.3) is 5.88 Å². The van der Waals surface area contributed by atoms with Crippen LogP contribution in [0, 0.1) is 17.0 Å². The van der Waals surface area contributed by atoms with Gasteiger partial charge in [0.15, 0.2) is 0 Å². The Hall–Kier alpha value is -2.29. The van der Waals surface area contributed by atoms with E-state index in [1.807, 2.05) is 6.92 Å². The van der Waals surface area contributed by atoms with Gasteiger partial charge >= 0.3 is 5.69 Å². The van der Waals surface area contributed by atoms with Crippen molar-refractivity contribution in [2.75, 3.05) is 12.4 Å². The first-order valence-corrected chi connectivity index (χ1v) is 6.12. The number of thiazole rings is 1. The lowest BCUT2D eigenvalue weighted by Gasteiger charge is -2.06. The first kappa shape index (κ1) is 13.1. The molecule has 0 aliphatic rings. The van der Waals surface area contributed by atoms with Crippen LogP contribution in [0.3, 0.4) is 0 Å². The highest BCUT2D eigenvalue weighted by Crippen LogP contribution is 2.30. The molecule has 0 aromatic carbocycles. The number of nitrogens with one attached hydrogen (secondary N) is 1. The van der Waals surface area contributed by atoms with E-state index in [4.69, 9.17) is 4.74 Å². The van der Waals surface area contributed by atoms with Gasteiger partial charge < -0.3 is 10.1 Å². The fourth-order valence-electron chi connectivity index (χ4n) is 1.45. The van der Waals surface area contributed by atoms with E-state index < -0.39 is 4.92 Å². The molecule has 8 nitrogen and oxygen atoms in total. The van der Waals surface area contributed by atoms with Gasteiger partial charge in [0, 0.05) is 11.1 Å². The predicted octanol–water partition coefficient (Wildman–Crippen LogP) is 1.77. The molecule has 0 unspecified atom stereocenters. The molecule has 0 saturated heterocycles. The molecule has 9 heteroatoms. The van der Waals surface area contributed by atoms with Gasteiger partial charge in [0.05, 0.1) is 18.6 Å². The van der Waals surface area contributed by atoms with Gasteiger partial charge in [-0.25, -0.2) is 9.97 Å². The summed E-state index contributed by atoms with van der Waals surface area (Å²) >= 11 is 1.51. The zero-order valence-electron chi connectivity index (χ0n) is 10.3. The first-order chi connectivity index (χ1) is 9.11. The fraction of sp³-hybridized carbons (Fsp3) is 0.300.